The normalized spacial score (nSPS) is 11.4. The second-order valence-electron chi connectivity index (χ2n) is 3.67. The van der Waals surface area contributed by atoms with Gasteiger partial charge in [-0.3, -0.25) is 0 Å². The number of carboxylic acid groups (broad SMARTS) is 1. The molecule has 0 aliphatic carbocycles. The molecule has 100 valence electrons. The van der Waals surface area contributed by atoms with Gasteiger partial charge in [0.2, 0.25) is 10.0 Å². The van der Waals surface area contributed by atoms with Gasteiger partial charge in [0.15, 0.2) is 0 Å². The number of carboxylic acids is 1. The van der Waals surface area contributed by atoms with Crippen LogP contribution in [0.15, 0.2) is 23.1 Å². The minimum atomic E-state index is -3.71. The molecule has 4 N–H and O–H groups in total. The summed E-state index contributed by atoms with van der Waals surface area (Å²) in [5.74, 6) is -1.16. The highest BCUT2D eigenvalue weighted by Gasteiger charge is 2.19. The average molecular weight is 272 g/mol. The first kappa shape index (κ1) is 14.6. The molecule has 0 spiro atoms. The summed E-state index contributed by atoms with van der Waals surface area (Å²) >= 11 is 0. The first-order valence-electron chi connectivity index (χ1n) is 5.48. The van der Waals surface area contributed by atoms with Crippen molar-refractivity contribution < 1.29 is 18.3 Å². The molecule has 7 heteroatoms. The maximum Gasteiger partial charge on any atom is 0.335 e. The number of nitrogens with one attached hydrogen (secondary N) is 1. The number of hydrogen-bond donors (Lipinski definition) is 3. The second kappa shape index (κ2) is 5.94. The summed E-state index contributed by atoms with van der Waals surface area (Å²) in [7, 11) is -3.71. The quantitative estimate of drug-likeness (QED) is 0.684. The Balaban J connectivity index is 3.27. The fourth-order valence-electron chi connectivity index (χ4n) is 1.50. The van der Waals surface area contributed by atoms with E-state index in [9.17, 15) is 13.2 Å². The molecule has 0 unspecified atom stereocenters. The van der Waals surface area contributed by atoms with Crippen LogP contribution in [-0.4, -0.2) is 32.6 Å². The van der Waals surface area contributed by atoms with Crippen LogP contribution in [0.3, 0.4) is 0 Å². The van der Waals surface area contributed by atoms with E-state index >= 15 is 0 Å². The van der Waals surface area contributed by atoms with Gasteiger partial charge in [-0.15, -0.1) is 0 Å². The highest BCUT2D eigenvalue weighted by atomic mass is 32.2. The number of aryl methyl sites for hydroxylation is 1. The van der Waals surface area contributed by atoms with Gasteiger partial charge in [0, 0.05) is 13.1 Å². The van der Waals surface area contributed by atoms with Crippen LogP contribution in [0.1, 0.15) is 22.8 Å². The Morgan fingerprint density at radius 2 is 2.11 bits per heavy atom. The Kier molecular flexibility index (Phi) is 4.83. The maximum atomic E-state index is 12.0. The molecule has 0 radical (unpaired) electrons. The van der Waals surface area contributed by atoms with Gasteiger partial charge < -0.3 is 10.8 Å². The van der Waals surface area contributed by atoms with Crippen LogP contribution in [0.4, 0.5) is 0 Å². The van der Waals surface area contributed by atoms with Crippen molar-refractivity contribution in [3.05, 3.63) is 29.3 Å². The lowest BCUT2D eigenvalue weighted by Crippen LogP contribution is -2.30. The summed E-state index contributed by atoms with van der Waals surface area (Å²) in [6.45, 7) is 2.10. The van der Waals surface area contributed by atoms with Crippen molar-refractivity contribution in [3.8, 4) is 0 Å². The van der Waals surface area contributed by atoms with E-state index in [0.717, 1.165) is 0 Å². The Hall–Kier alpha value is -1.44. The predicted molar refractivity (Wildman–Crippen MR) is 67.0 cm³/mol. The van der Waals surface area contributed by atoms with Crippen LogP contribution in [0.2, 0.25) is 0 Å². The van der Waals surface area contributed by atoms with E-state index in [1.807, 2.05) is 0 Å². The molecule has 0 bridgehead atoms. The Labute approximate surface area is 106 Å². The molecule has 0 heterocycles. The number of benzene rings is 1. The van der Waals surface area contributed by atoms with Gasteiger partial charge in [0.1, 0.15) is 0 Å². The fraction of sp³-hybridized carbons (Fsp3) is 0.364. The zero-order valence-electron chi connectivity index (χ0n) is 10.0. The number of carbonyl (C=O) groups is 1. The summed E-state index contributed by atoms with van der Waals surface area (Å²) in [5, 5.41) is 8.88. The lowest BCUT2D eigenvalue weighted by molar-refractivity contribution is 0.0696. The standard InChI is InChI=1S/C11H16N2O4S/c1-2-8-3-4-9(11(14)15)7-10(8)18(16,17)13-6-5-12/h3-4,7,13H,2,5-6,12H2,1H3,(H,14,15). The van der Waals surface area contributed by atoms with Crippen molar-refractivity contribution in [1.82, 2.24) is 4.72 Å². The van der Waals surface area contributed by atoms with Gasteiger partial charge in [-0.25, -0.2) is 17.9 Å². The maximum absolute atomic E-state index is 12.0. The molecule has 18 heavy (non-hydrogen) atoms. The SMILES string of the molecule is CCc1ccc(C(=O)O)cc1S(=O)(=O)NCCN. The van der Waals surface area contributed by atoms with E-state index in [0.29, 0.717) is 12.0 Å². The molecule has 0 saturated heterocycles. The van der Waals surface area contributed by atoms with Gasteiger partial charge in [-0.1, -0.05) is 13.0 Å². The number of hydrogen-bond acceptors (Lipinski definition) is 4. The topological polar surface area (TPSA) is 109 Å². The minimum Gasteiger partial charge on any atom is -0.478 e. The second-order valence-corrected chi connectivity index (χ2v) is 5.40. The number of rotatable bonds is 6. The van der Waals surface area contributed by atoms with Gasteiger partial charge >= 0.3 is 5.97 Å². The van der Waals surface area contributed by atoms with Crippen molar-refractivity contribution in [2.75, 3.05) is 13.1 Å². The number of sulfonamides is 1. The highest BCUT2D eigenvalue weighted by molar-refractivity contribution is 7.89. The van der Waals surface area contributed by atoms with Gasteiger partial charge in [-0.2, -0.15) is 0 Å². The predicted octanol–water partition coefficient (Wildman–Crippen LogP) is 0.184. The van der Waals surface area contributed by atoms with E-state index in [1.54, 1.807) is 6.92 Å². The molecule has 0 aromatic heterocycles. The molecule has 1 aromatic carbocycles. The monoisotopic (exact) mass is 272 g/mol. The summed E-state index contributed by atoms with van der Waals surface area (Å²) in [4.78, 5) is 10.9. The fourth-order valence-corrected chi connectivity index (χ4v) is 2.88. The zero-order chi connectivity index (χ0) is 13.8. The Morgan fingerprint density at radius 3 is 2.61 bits per heavy atom. The summed E-state index contributed by atoms with van der Waals surface area (Å²) in [5.41, 5.74) is 5.76. The molecule has 0 atom stereocenters. The molecule has 0 saturated carbocycles. The van der Waals surface area contributed by atoms with Gasteiger partial charge in [-0.05, 0) is 24.1 Å². The molecule has 0 amide bonds. The molecular weight excluding hydrogens is 256 g/mol. The van der Waals surface area contributed by atoms with Crippen LogP contribution in [0.5, 0.6) is 0 Å². The third-order valence-electron chi connectivity index (χ3n) is 2.42. The lowest BCUT2D eigenvalue weighted by atomic mass is 10.1. The van der Waals surface area contributed by atoms with E-state index in [-0.39, 0.29) is 23.5 Å². The van der Waals surface area contributed by atoms with Crippen molar-refractivity contribution in [2.45, 2.75) is 18.2 Å². The third kappa shape index (κ3) is 3.28. The van der Waals surface area contributed by atoms with Crippen LogP contribution < -0.4 is 10.5 Å². The van der Waals surface area contributed by atoms with Crippen molar-refractivity contribution in [1.29, 1.82) is 0 Å². The number of aromatic carboxylic acids is 1. The Bertz CT molecular complexity index is 540. The van der Waals surface area contributed by atoms with E-state index < -0.39 is 16.0 Å². The minimum absolute atomic E-state index is 0.00153. The third-order valence-corrected chi connectivity index (χ3v) is 3.96. The smallest absolute Gasteiger partial charge is 0.335 e. The molecule has 0 aliphatic rings. The van der Waals surface area contributed by atoms with Crippen molar-refractivity contribution >= 4 is 16.0 Å². The van der Waals surface area contributed by atoms with Gasteiger partial charge in [0.05, 0.1) is 10.5 Å². The van der Waals surface area contributed by atoms with E-state index in [2.05, 4.69) is 4.72 Å². The lowest BCUT2D eigenvalue weighted by Gasteiger charge is -2.10. The summed E-state index contributed by atoms with van der Waals surface area (Å²) in [6.07, 6.45) is 0.499. The first-order chi connectivity index (χ1) is 8.42. The van der Waals surface area contributed by atoms with E-state index in [1.165, 1.54) is 18.2 Å². The Morgan fingerprint density at radius 1 is 1.44 bits per heavy atom. The molecule has 0 fully saturated rings. The molecule has 6 nitrogen and oxygen atoms in total. The van der Waals surface area contributed by atoms with Crippen LogP contribution in [-0.2, 0) is 16.4 Å². The summed E-state index contributed by atoms with van der Waals surface area (Å²) in [6, 6.07) is 4.07. The first-order valence-corrected chi connectivity index (χ1v) is 6.96. The molecule has 1 aromatic rings. The van der Waals surface area contributed by atoms with Gasteiger partial charge in [0.25, 0.3) is 0 Å². The average Bonchev–Trinajstić information content (AvgIpc) is 2.35. The zero-order valence-corrected chi connectivity index (χ0v) is 10.8. The molecule has 1 rings (SSSR count). The van der Waals surface area contributed by atoms with Crippen LogP contribution >= 0.6 is 0 Å². The largest absolute Gasteiger partial charge is 0.478 e. The highest BCUT2D eigenvalue weighted by Crippen LogP contribution is 2.18. The van der Waals surface area contributed by atoms with Crippen LogP contribution in [0.25, 0.3) is 0 Å². The molecule has 0 aliphatic heterocycles. The number of nitrogens with two attached hydrogens (primary N) is 1. The molecular formula is C11H16N2O4S. The van der Waals surface area contributed by atoms with Crippen molar-refractivity contribution in [3.63, 3.8) is 0 Å². The van der Waals surface area contributed by atoms with Crippen LogP contribution in [0, 0.1) is 0 Å². The van der Waals surface area contributed by atoms with E-state index in [4.69, 9.17) is 10.8 Å². The van der Waals surface area contributed by atoms with Crippen molar-refractivity contribution in [2.24, 2.45) is 5.73 Å². The summed E-state index contributed by atoms with van der Waals surface area (Å²) < 4.78 is 26.3.